The van der Waals surface area contributed by atoms with E-state index in [2.05, 4.69) is 13.8 Å². The van der Waals surface area contributed by atoms with Gasteiger partial charge in [-0.2, -0.15) is 0 Å². The Morgan fingerprint density at radius 3 is 2.29 bits per heavy atom. The summed E-state index contributed by atoms with van der Waals surface area (Å²) in [7, 11) is 0. The van der Waals surface area contributed by atoms with Crippen LogP contribution in [0.3, 0.4) is 0 Å². The summed E-state index contributed by atoms with van der Waals surface area (Å²) in [6, 6.07) is 0. The molecule has 2 atom stereocenters. The van der Waals surface area contributed by atoms with Crippen LogP contribution in [0, 0.1) is 0 Å². The van der Waals surface area contributed by atoms with Gasteiger partial charge in [-0.05, 0) is 12.8 Å². The number of hydrogen-bond acceptors (Lipinski definition) is 4. The van der Waals surface area contributed by atoms with E-state index in [1.807, 2.05) is 0 Å². The van der Waals surface area contributed by atoms with Crippen LogP contribution in [-0.2, 0) is 9.47 Å². The van der Waals surface area contributed by atoms with Crippen molar-refractivity contribution in [2.45, 2.75) is 58.2 Å². The van der Waals surface area contributed by atoms with Gasteiger partial charge in [0.15, 0.2) is 0 Å². The fraction of sp³-hybridized carbons (Fsp3) is 1.00. The third kappa shape index (κ3) is 10.7. The van der Waals surface area contributed by atoms with Crippen LogP contribution in [0.1, 0.15) is 46.0 Å². The van der Waals surface area contributed by atoms with Gasteiger partial charge in [0.2, 0.25) is 0 Å². The number of unbranched alkanes of at least 4 members (excludes halogenated alkanes) is 2. The SMILES string of the molecule is CCCCOCC(O)CC(CO)OCCCC. The van der Waals surface area contributed by atoms with E-state index < -0.39 is 6.10 Å². The summed E-state index contributed by atoms with van der Waals surface area (Å²) in [6.45, 7) is 5.80. The molecule has 0 aromatic heterocycles. The van der Waals surface area contributed by atoms with Gasteiger partial charge in [-0.15, -0.1) is 0 Å². The highest BCUT2D eigenvalue weighted by atomic mass is 16.5. The summed E-state index contributed by atoms with van der Waals surface area (Å²) in [4.78, 5) is 0. The van der Waals surface area contributed by atoms with Crippen LogP contribution in [-0.4, -0.2) is 48.8 Å². The molecule has 2 N–H and O–H groups in total. The van der Waals surface area contributed by atoms with Crippen molar-refractivity contribution < 1.29 is 19.7 Å². The van der Waals surface area contributed by atoms with Crippen LogP contribution in [0.25, 0.3) is 0 Å². The number of ether oxygens (including phenoxy) is 2. The van der Waals surface area contributed by atoms with Gasteiger partial charge in [-0.3, -0.25) is 0 Å². The number of aliphatic hydroxyl groups is 2. The van der Waals surface area contributed by atoms with Crippen molar-refractivity contribution in [1.29, 1.82) is 0 Å². The molecule has 4 nitrogen and oxygen atoms in total. The second-order valence-electron chi connectivity index (χ2n) is 4.35. The average molecular weight is 248 g/mol. The van der Waals surface area contributed by atoms with Crippen LogP contribution in [0.4, 0.5) is 0 Å². The van der Waals surface area contributed by atoms with E-state index in [1.54, 1.807) is 0 Å². The highest BCUT2D eigenvalue weighted by molar-refractivity contribution is 4.64. The molecule has 0 saturated heterocycles. The van der Waals surface area contributed by atoms with Crippen molar-refractivity contribution in [3.63, 3.8) is 0 Å². The average Bonchev–Trinajstić information content (AvgIpc) is 2.33. The fourth-order valence-corrected chi connectivity index (χ4v) is 1.43. The molecule has 0 amide bonds. The normalized spacial score (nSPS) is 14.8. The molecular formula is C13H28O4. The third-order valence-electron chi connectivity index (χ3n) is 2.54. The van der Waals surface area contributed by atoms with Gasteiger partial charge in [-0.1, -0.05) is 26.7 Å². The van der Waals surface area contributed by atoms with E-state index in [4.69, 9.17) is 14.6 Å². The summed E-state index contributed by atoms with van der Waals surface area (Å²) >= 11 is 0. The predicted molar refractivity (Wildman–Crippen MR) is 68.1 cm³/mol. The molecule has 0 fully saturated rings. The molecule has 0 heterocycles. The Hall–Kier alpha value is -0.160. The highest BCUT2D eigenvalue weighted by Gasteiger charge is 2.14. The van der Waals surface area contributed by atoms with E-state index >= 15 is 0 Å². The van der Waals surface area contributed by atoms with Crippen molar-refractivity contribution in [3.05, 3.63) is 0 Å². The number of aliphatic hydroxyl groups excluding tert-OH is 2. The second kappa shape index (κ2) is 12.3. The Bertz CT molecular complexity index is 152. The van der Waals surface area contributed by atoms with Crippen molar-refractivity contribution in [2.75, 3.05) is 26.4 Å². The molecule has 0 aliphatic rings. The van der Waals surface area contributed by atoms with E-state index in [1.165, 1.54) is 0 Å². The van der Waals surface area contributed by atoms with Gasteiger partial charge < -0.3 is 19.7 Å². The first-order valence-electron chi connectivity index (χ1n) is 6.72. The molecule has 0 spiro atoms. The Morgan fingerprint density at radius 2 is 1.71 bits per heavy atom. The lowest BCUT2D eigenvalue weighted by Crippen LogP contribution is -2.27. The molecule has 0 aromatic carbocycles. The van der Waals surface area contributed by atoms with Gasteiger partial charge in [0.05, 0.1) is 25.4 Å². The highest BCUT2D eigenvalue weighted by Crippen LogP contribution is 2.05. The molecule has 0 aromatic rings. The van der Waals surface area contributed by atoms with E-state index in [0.717, 1.165) is 25.7 Å². The minimum atomic E-state index is -0.550. The minimum absolute atomic E-state index is 0.0459. The lowest BCUT2D eigenvalue weighted by atomic mass is 10.2. The van der Waals surface area contributed by atoms with E-state index in [9.17, 15) is 5.11 Å². The van der Waals surface area contributed by atoms with Crippen molar-refractivity contribution >= 4 is 0 Å². The number of hydrogen-bond donors (Lipinski definition) is 2. The Morgan fingerprint density at radius 1 is 1.06 bits per heavy atom. The summed E-state index contributed by atoms with van der Waals surface area (Å²) in [6.07, 6.45) is 3.78. The first-order chi connectivity index (χ1) is 8.24. The fourth-order valence-electron chi connectivity index (χ4n) is 1.43. The van der Waals surface area contributed by atoms with Crippen LogP contribution in [0.5, 0.6) is 0 Å². The first kappa shape index (κ1) is 16.8. The van der Waals surface area contributed by atoms with Crippen LogP contribution >= 0.6 is 0 Å². The monoisotopic (exact) mass is 248 g/mol. The summed E-state index contributed by atoms with van der Waals surface area (Å²) < 4.78 is 10.8. The second-order valence-corrected chi connectivity index (χ2v) is 4.35. The zero-order valence-corrected chi connectivity index (χ0v) is 11.2. The maximum absolute atomic E-state index is 9.69. The molecule has 104 valence electrons. The third-order valence-corrected chi connectivity index (χ3v) is 2.54. The quantitative estimate of drug-likeness (QED) is 0.516. The molecular weight excluding hydrogens is 220 g/mol. The van der Waals surface area contributed by atoms with Gasteiger partial charge in [0.25, 0.3) is 0 Å². The summed E-state index contributed by atoms with van der Waals surface area (Å²) in [5, 5.41) is 18.8. The Kier molecular flexibility index (Phi) is 12.2. The summed E-state index contributed by atoms with van der Waals surface area (Å²) in [5.41, 5.74) is 0. The topological polar surface area (TPSA) is 58.9 Å². The number of rotatable bonds is 12. The molecule has 0 aliphatic carbocycles. The molecule has 17 heavy (non-hydrogen) atoms. The summed E-state index contributed by atoms with van der Waals surface area (Å²) in [5.74, 6) is 0. The largest absolute Gasteiger partial charge is 0.394 e. The maximum Gasteiger partial charge on any atom is 0.0831 e. The molecule has 0 bridgehead atoms. The van der Waals surface area contributed by atoms with Crippen LogP contribution in [0.2, 0.25) is 0 Å². The van der Waals surface area contributed by atoms with Gasteiger partial charge in [0, 0.05) is 19.6 Å². The molecule has 0 radical (unpaired) electrons. The Labute approximate surface area is 105 Å². The Balaban J connectivity index is 3.55. The van der Waals surface area contributed by atoms with Crippen molar-refractivity contribution in [1.82, 2.24) is 0 Å². The molecule has 2 unspecified atom stereocenters. The minimum Gasteiger partial charge on any atom is -0.394 e. The molecule has 0 rings (SSSR count). The standard InChI is InChI=1S/C13H28O4/c1-3-5-7-16-11-12(15)9-13(10-14)17-8-6-4-2/h12-15H,3-11H2,1-2H3. The van der Waals surface area contributed by atoms with Gasteiger partial charge in [0.1, 0.15) is 0 Å². The van der Waals surface area contributed by atoms with Gasteiger partial charge >= 0.3 is 0 Å². The zero-order valence-electron chi connectivity index (χ0n) is 11.2. The lowest BCUT2D eigenvalue weighted by Gasteiger charge is -2.19. The van der Waals surface area contributed by atoms with Crippen molar-refractivity contribution in [3.8, 4) is 0 Å². The van der Waals surface area contributed by atoms with E-state index in [0.29, 0.717) is 26.2 Å². The molecule has 4 heteroatoms. The van der Waals surface area contributed by atoms with Crippen molar-refractivity contribution in [2.24, 2.45) is 0 Å². The maximum atomic E-state index is 9.69. The van der Waals surface area contributed by atoms with Crippen LogP contribution in [0.15, 0.2) is 0 Å². The van der Waals surface area contributed by atoms with Crippen LogP contribution < -0.4 is 0 Å². The molecule has 0 aliphatic heterocycles. The lowest BCUT2D eigenvalue weighted by molar-refractivity contribution is -0.0392. The smallest absolute Gasteiger partial charge is 0.0831 e. The predicted octanol–water partition coefficient (Wildman–Crippen LogP) is 1.73. The van der Waals surface area contributed by atoms with E-state index in [-0.39, 0.29) is 12.7 Å². The first-order valence-corrected chi connectivity index (χ1v) is 6.72. The van der Waals surface area contributed by atoms with Gasteiger partial charge in [-0.25, -0.2) is 0 Å². The molecule has 0 saturated carbocycles. The zero-order chi connectivity index (χ0) is 12.9.